The van der Waals surface area contributed by atoms with E-state index in [0.29, 0.717) is 0 Å². The van der Waals surface area contributed by atoms with E-state index in [4.69, 9.17) is 16.2 Å². The maximum absolute atomic E-state index is 13.0. The predicted molar refractivity (Wildman–Crippen MR) is 153 cm³/mol. The second-order valence-electron chi connectivity index (χ2n) is 8.34. The summed E-state index contributed by atoms with van der Waals surface area (Å²) in [5, 5.41) is 15.6. The Hall–Kier alpha value is -4.01. The number of nitrogen functional groups attached to an aromatic ring is 2. The van der Waals surface area contributed by atoms with Gasteiger partial charge in [0.1, 0.15) is 27.7 Å². The molecule has 0 aromatic heterocycles. The topological polar surface area (TPSA) is 257 Å². The molecule has 0 atom stereocenters. The van der Waals surface area contributed by atoms with E-state index in [1.807, 2.05) is 0 Å². The number of hydrogen-bond donors (Lipinski definition) is 4. The van der Waals surface area contributed by atoms with E-state index >= 15 is 0 Å². The lowest BCUT2D eigenvalue weighted by atomic mass is 10.2. The molecular weight excluding hydrogens is 614 g/mol. The highest BCUT2D eigenvalue weighted by Crippen LogP contribution is 2.44. The van der Waals surface area contributed by atoms with Gasteiger partial charge >= 0.3 is 0 Å². The number of hydrogen-bond acceptors (Lipinski definition) is 13. The molecule has 0 heterocycles. The van der Waals surface area contributed by atoms with Gasteiger partial charge in [-0.1, -0.05) is 19.9 Å². The number of rotatable bonds is 11. The van der Waals surface area contributed by atoms with E-state index in [1.54, 1.807) is 13.8 Å². The lowest BCUT2D eigenvalue weighted by molar-refractivity contribution is 0.415. The van der Waals surface area contributed by atoms with Crippen molar-refractivity contribution in [2.75, 3.05) is 31.7 Å². The lowest BCUT2D eigenvalue weighted by Crippen LogP contribution is -2.30. The molecular formula is C23H27N7O9S3. The Kier molecular flexibility index (Phi) is 9.65. The highest BCUT2D eigenvalue weighted by atomic mass is 32.2. The van der Waals surface area contributed by atoms with E-state index in [9.17, 15) is 34.4 Å². The number of ether oxygens (including phenoxy) is 1. The quantitative estimate of drug-likeness (QED) is 0.131. The Labute approximate surface area is 242 Å². The first-order valence-electron chi connectivity index (χ1n) is 11.8. The third-order valence-electron chi connectivity index (χ3n) is 5.74. The lowest BCUT2D eigenvalue weighted by Gasteiger charge is -2.18. The van der Waals surface area contributed by atoms with Gasteiger partial charge in [0.25, 0.3) is 20.2 Å². The van der Waals surface area contributed by atoms with Gasteiger partial charge in [0.05, 0.1) is 34.0 Å². The number of methoxy groups -OCH3 is 1. The Morgan fingerprint density at radius 1 is 0.762 bits per heavy atom. The minimum absolute atomic E-state index is 0.0612. The van der Waals surface area contributed by atoms with Gasteiger partial charge in [-0.3, -0.25) is 9.11 Å². The molecule has 0 fully saturated rings. The van der Waals surface area contributed by atoms with Gasteiger partial charge in [-0.2, -0.15) is 26.3 Å². The molecule has 0 spiro atoms. The first-order chi connectivity index (χ1) is 19.5. The summed E-state index contributed by atoms with van der Waals surface area (Å²) >= 11 is 0. The normalized spacial score (nSPS) is 12.9. The van der Waals surface area contributed by atoms with Gasteiger partial charge in [-0.05, 0) is 42.5 Å². The monoisotopic (exact) mass is 641 g/mol. The molecule has 0 saturated carbocycles. The average Bonchev–Trinajstić information content (AvgIpc) is 2.92. The van der Waals surface area contributed by atoms with Crippen molar-refractivity contribution in [2.24, 2.45) is 20.5 Å². The molecule has 0 bridgehead atoms. The Morgan fingerprint density at radius 2 is 1.40 bits per heavy atom. The summed E-state index contributed by atoms with van der Waals surface area (Å²) in [5.74, 6) is 0.110. The van der Waals surface area contributed by atoms with E-state index in [2.05, 4.69) is 20.5 Å². The fraction of sp³-hybridized carbons (Fsp3) is 0.217. The van der Waals surface area contributed by atoms with Crippen molar-refractivity contribution in [3.63, 3.8) is 0 Å². The molecule has 0 unspecified atom stereocenters. The highest BCUT2D eigenvalue weighted by molar-refractivity contribution is 7.89. The van der Waals surface area contributed by atoms with Crippen LogP contribution in [-0.4, -0.2) is 58.9 Å². The van der Waals surface area contributed by atoms with E-state index in [0.717, 1.165) is 18.2 Å². The summed E-state index contributed by atoms with van der Waals surface area (Å²) in [7, 11) is -12.1. The van der Waals surface area contributed by atoms with Crippen LogP contribution in [0.15, 0.2) is 83.7 Å². The summed E-state index contributed by atoms with van der Waals surface area (Å²) in [6, 6.07) is 9.38. The van der Waals surface area contributed by atoms with Crippen LogP contribution in [0, 0.1) is 0 Å². The standard InChI is InChI=1S/C23H27N7O9S3/c1-4-30(5-2)40(31,32)15-9-10-19(39-3)17(12-15)27-29-23-21(24)18(13-20(22(23)25)42(36,37)38)28-26-14-7-6-8-16(11-14)41(33,34)35/h6-13H,4-5,24-25H2,1-3H3,(H,33,34,35)(H,36,37,38)/b28-26+,29-27+. The predicted octanol–water partition coefficient (Wildman–Crippen LogP) is 4.21. The zero-order valence-electron chi connectivity index (χ0n) is 22.4. The fourth-order valence-electron chi connectivity index (χ4n) is 3.61. The molecule has 3 rings (SSSR count). The maximum Gasteiger partial charge on any atom is 0.296 e. The van der Waals surface area contributed by atoms with Gasteiger partial charge in [-0.15, -0.1) is 15.3 Å². The van der Waals surface area contributed by atoms with Crippen LogP contribution < -0.4 is 16.2 Å². The van der Waals surface area contributed by atoms with Crippen molar-refractivity contribution >= 4 is 64.4 Å². The zero-order valence-corrected chi connectivity index (χ0v) is 24.9. The Morgan fingerprint density at radius 3 is 1.98 bits per heavy atom. The van der Waals surface area contributed by atoms with E-state index in [1.165, 1.54) is 41.7 Å². The van der Waals surface area contributed by atoms with Crippen LogP contribution in [0.3, 0.4) is 0 Å². The SMILES string of the molecule is CCN(CC)S(=O)(=O)c1ccc(OC)c(/N=N/c2c(N)c(/N=N/c3cccc(S(=O)(=O)O)c3)cc(S(=O)(=O)O)c2N)c1. The number of sulfonamides is 1. The molecule has 226 valence electrons. The molecule has 0 radical (unpaired) electrons. The molecule has 0 saturated heterocycles. The second-order valence-corrected chi connectivity index (χ2v) is 13.1. The van der Waals surface area contributed by atoms with Crippen LogP contribution in [0.4, 0.5) is 34.1 Å². The summed E-state index contributed by atoms with van der Waals surface area (Å²) in [4.78, 5) is -1.43. The highest BCUT2D eigenvalue weighted by Gasteiger charge is 2.24. The minimum atomic E-state index is -4.95. The molecule has 19 heteroatoms. The van der Waals surface area contributed by atoms with Crippen molar-refractivity contribution in [3.8, 4) is 5.75 Å². The first-order valence-corrected chi connectivity index (χ1v) is 16.1. The molecule has 3 aromatic rings. The minimum Gasteiger partial charge on any atom is -0.494 e. The largest absolute Gasteiger partial charge is 0.494 e. The summed E-state index contributed by atoms with van der Waals surface area (Å²) < 4.78 is 98.4. The number of anilines is 2. The van der Waals surface area contributed by atoms with Crippen LogP contribution in [-0.2, 0) is 30.3 Å². The third-order valence-corrected chi connectivity index (χ3v) is 9.53. The Balaban J connectivity index is 2.18. The van der Waals surface area contributed by atoms with Crippen LogP contribution in [0.1, 0.15) is 13.8 Å². The van der Waals surface area contributed by atoms with Crippen molar-refractivity contribution in [1.82, 2.24) is 4.31 Å². The number of benzene rings is 3. The molecule has 0 aliphatic rings. The van der Waals surface area contributed by atoms with Gasteiger partial charge < -0.3 is 16.2 Å². The van der Waals surface area contributed by atoms with Gasteiger partial charge in [0.15, 0.2) is 0 Å². The van der Waals surface area contributed by atoms with Gasteiger partial charge in [0, 0.05) is 13.1 Å². The first kappa shape index (κ1) is 32.5. The fourth-order valence-corrected chi connectivity index (χ4v) is 6.24. The average molecular weight is 642 g/mol. The van der Waals surface area contributed by atoms with Crippen LogP contribution in [0.2, 0.25) is 0 Å². The third kappa shape index (κ3) is 7.06. The number of nitrogens with zero attached hydrogens (tertiary/aromatic N) is 5. The van der Waals surface area contributed by atoms with Gasteiger partial charge in [0.2, 0.25) is 10.0 Å². The summed E-state index contributed by atoms with van der Waals surface area (Å²) in [6.07, 6.45) is 0. The smallest absolute Gasteiger partial charge is 0.296 e. The summed E-state index contributed by atoms with van der Waals surface area (Å²) in [5.41, 5.74) is 10.2. The van der Waals surface area contributed by atoms with E-state index < -0.39 is 51.4 Å². The molecule has 6 N–H and O–H groups in total. The Bertz CT molecular complexity index is 1890. The van der Waals surface area contributed by atoms with Crippen molar-refractivity contribution < 1.29 is 39.1 Å². The molecule has 42 heavy (non-hydrogen) atoms. The number of nitrogens with two attached hydrogens (primary N) is 2. The summed E-state index contributed by atoms with van der Waals surface area (Å²) in [6.45, 7) is 3.79. The molecule has 3 aromatic carbocycles. The van der Waals surface area contributed by atoms with Crippen LogP contribution in [0.5, 0.6) is 5.75 Å². The molecule has 16 nitrogen and oxygen atoms in total. The molecule has 0 aliphatic carbocycles. The molecule has 0 amide bonds. The second kappa shape index (κ2) is 12.5. The van der Waals surface area contributed by atoms with Crippen LogP contribution in [0.25, 0.3) is 0 Å². The van der Waals surface area contributed by atoms with Crippen molar-refractivity contribution in [2.45, 2.75) is 28.5 Å². The van der Waals surface area contributed by atoms with Crippen LogP contribution >= 0.6 is 0 Å². The number of azo groups is 2. The van der Waals surface area contributed by atoms with Crippen molar-refractivity contribution in [3.05, 3.63) is 48.5 Å². The van der Waals surface area contributed by atoms with Crippen molar-refractivity contribution in [1.29, 1.82) is 0 Å². The van der Waals surface area contributed by atoms with Gasteiger partial charge in [-0.25, -0.2) is 8.42 Å². The zero-order chi connectivity index (χ0) is 31.5. The van der Waals surface area contributed by atoms with E-state index in [-0.39, 0.29) is 46.5 Å². The maximum atomic E-state index is 13.0. The molecule has 0 aliphatic heterocycles.